The molecule has 1 heterocycles. The molecule has 2 aromatic carbocycles. The number of ether oxygens (including phenoxy) is 2. The highest BCUT2D eigenvalue weighted by Crippen LogP contribution is 2.25. The number of rotatable bonds is 4. The van der Waals surface area contributed by atoms with Gasteiger partial charge in [-0.1, -0.05) is 18.2 Å². The molecule has 0 spiro atoms. The van der Waals surface area contributed by atoms with Gasteiger partial charge in [-0.15, -0.1) is 0 Å². The van der Waals surface area contributed by atoms with Crippen LogP contribution in [0.3, 0.4) is 0 Å². The Kier molecular flexibility index (Phi) is 4.65. The number of hydrogen-bond acceptors (Lipinski definition) is 3. The van der Waals surface area contributed by atoms with Crippen LogP contribution in [0.5, 0.6) is 5.75 Å². The minimum absolute atomic E-state index is 0.349. The zero-order chi connectivity index (χ0) is 15.5. The van der Waals surface area contributed by atoms with Crippen LogP contribution in [-0.4, -0.2) is 25.9 Å². The maximum atomic E-state index is 5.62. The van der Waals surface area contributed by atoms with Crippen molar-refractivity contribution in [2.75, 3.05) is 13.7 Å². The molecular formula is C19H25NO2. The Morgan fingerprint density at radius 3 is 2.73 bits per heavy atom. The molecule has 0 aromatic heterocycles. The first-order chi connectivity index (χ1) is 10.7. The van der Waals surface area contributed by atoms with Crippen molar-refractivity contribution in [3.05, 3.63) is 42.0 Å². The summed E-state index contributed by atoms with van der Waals surface area (Å²) in [5.41, 5.74) is 1.33. The standard InChI is InChI=1S/C19H25NO2/c1-13-10-18(8-9-22-13)20-14(2)15-4-5-17-12-19(21-3)7-6-16(17)11-15/h4-7,11-14,18,20H,8-10H2,1-3H3. The molecule has 1 fully saturated rings. The molecule has 0 bridgehead atoms. The van der Waals surface area contributed by atoms with E-state index in [0.29, 0.717) is 18.2 Å². The Bertz CT molecular complexity index is 640. The van der Waals surface area contributed by atoms with Gasteiger partial charge in [0.1, 0.15) is 5.75 Å². The highest BCUT2D eigenvalue weighted by atomic mass is 16.5. The quantitative estimate of drug-likeness (QED) is 0.923. The fourth-order valence-corrected chi connectivity index (χ4v) is 3.24. The lowest BCUT2D eigenvalue weighted by Gasteiger charge is -2.30. The van der Waals surface area contributed by atoms with Crippen molar-refractivity contribution >= 4 is 10.8 Å². The van der Waals surface area contributed by atoms with Crippen molar-refractivity contribution in [2.24, 2.45) is 0 Å². The maximum Gasteiger partial charge on any atom is 0.119 e. The topological polar surface area (TPSA) is 30.5 Å². The summed E-state index contributed by atoms with van der Waals surface area (Å²) in [7, 11) is 1.70. The highest BCUT2D eigenvalue weighted by Gasteiger charge is 2.21. The number of fused-ring (bicyclic) bond motifs is 1. The SMILES string of the molecule is COc1ccc2cc(C(C)NC3CCOC(C)C3)ccc2c1. The Morgan fingerprint density at radius 2 is 1.95 bits per heavy atom. The second-order valence-electron chi connectivity index (χ2n) is 6.26. The molecule has 3 heteroatoms. The van der Waals surface area contributed by atoms with Gasteiger partial charge in [0.2, 0.25) is 0 Å². The third-order valence-electron chi connectivity index (χ3n) is 4.54. The van der Waals surface area contributed by atoms with Gasteiger partial charge < -0.3 is 14.8 Å². The zero-order valence-electron chi connectivity index (χ0n) is 13.6. The van der Waals surface area contributed by atoms with Gasteiger partial charge in [0.15, 0.2) is 0 Å². The van der Waals surface area contributed by atoms with Gasteiger partial charge in [-0.3, -0.25) is 0 Å². The average molecular weight is 299 g/mol. The van der Waals surface area contributed by atoms with Crippen LogP contribution in [0.1, 0.15) is 38.3 Å². The summed E-state index contributed by atoms with van der Waals surface area (Å²) in [6, 6.07) is 13.8. The smallest absolute Gasteiger partial charge is 0.119 e. The molecule has 1 aliphatic heterocycles. The monoisotopic (exact) mass is 299 g/mol. The molecule has 3 unspecified atom stereocenters. The summed E-state index contributed by atoms with van der Waals surface area (Å²) in [4.78, 5) is 0. The molecule has 0 aliphatic carbocycles. The minimum atomic E-state index is 0.349. The van der Waals surface area contributed by atoms with Crippen LogP contribution in [0.15, 0.2) is 36.4 Å². The third-order valence-corrected chi connectivity index (χ3v) is 4.54. The lowest BCUT2D eigenvalue weighted by atomic mass is 9.99. The van der Waals surface area contributed by atoms with Crippen molar-refractivity contribution < 1.29 is 9.47 Å². The van der Waals surface area contributed by atoms with Crippen LogP contribution in [0.4, 0.5) is 0 Å². The Balaban J connectivity index is 1.74. The summed E-state index contributed by atoms with van der Waals surface area (Å²) in [5, 5.41) is 6.22. The molecule has 1 aliphatic rings. The first kappa shape index (κ1) is 15.3. The van der Waals surface area contributed by atoms with E-state index < -0.39 is 0 Å². The maximum absolute atomic E-state index is 5.62. The van der Waals surface area contributed by atoms with E-state index in [9.17, 15) is 0 Å². The second-order valence-corrected chi connectivity index (χ2v) is 6.26. The van der Waals surface area contributed by atoms with Crippen LogP contribution >= 0.6 is 0 Å². The first-order valence-corrected chi connectivity index (χ1v) is 8.11. The van der Waals surface area contributed by atoms with E-state index in [1.54, 1.807) is 7.11 Å². The van der Waals surface area contributed by atoms with E-state index in [0.717, 1.165) is 25.2 Å². The van der Waals surface area contributed by atoms with Crippen molar-refractivity contribution in [1.82, 2.24) is 5.32 Å². The Hall–Kier alpha value is -1.58. The zero-order valence-corrected chi connectivity index (χ0v) is 13.6. The molecule has 0 radical (unpaired) electrons. The molecule has 3 nitrogen and oxygen atoms in total. The fraction of sp³-hybridized carbons (Fsp3) is 0.474. The molecule has 1 saturated heterocycles. The van der Waals surface area contributed by atoms with Crippen LogP contribution in [0.2, 0.25) is 0 Å². The second kappa shape index (κ2) is 6.67. The Labute approximate surface area is 132 Å². The van der Waals surface area contributed by atoms with Gasteiger partial charge in [-0.25, -0.2) is 0 Å². The first-order valence-electron chi connectivity index (χ1n) is 8.11. The van der Waals surface area contributed by atoms with Crippen molar-refractivity contribution in [1.29, 1.82) is 0 Å². The van der Waals surface area contributed by atoms with E-state index in [-0.39, 0.29) is 0 Å². The van der Waals surface area contributed by atoms with Crippen molar-refractivity contribution in [3.63, 3.8) is 0 Å². The minimum Gasteiger partial charge on any atom is -0.497 e. The van der Waals surface area contributed by atoms with Gasteiger partial charge in [0.05, 0.1) is 13.2 Å². The molecule has 0 amide bonds. The molecule has 3 atom stereocenters. The predicted molar refractivity (Wildman–Crippen MR) is 90.5 cm³/mol. The molecule has 3 rings (SSSR count). The van der Waals surface area contributed by atoms with Crippen LogP contribution in [0.25, 0.3) is 10.8 Å². The Morgan fingerprint density at radius 1 is 1.18 bits per heavy atom. The van der Waals surface area contributed by atoms with E-state index >= 15 is 0 Å². The summed E-state index contributed by atoms with van der Waals surface area (Å²) in [6.07, 6.45) is 2.55. The number of hydrogen-bond donors (Lipinski definition) is 1. The van der Waals surface area contributed by atoms with Gasteiger partial charge in [-0.2, -0.15) is 0 Å². The van der Waals surface area contributed by atoms with Gasteiger partial charge >= 0.3 is 0 Å². The summed E-state index contributed by atoms with van der Waals surface area (Å²) >= 11 is 0. The lowest BCUT2D eigenvalue weighted by Crippen LogP contribution is -2.39. The van der Waals surface area contributed by atoms with Crippen LogP contribution in [-0.2, 0) is 4.74 Å². The summed E-state index contributed by atoms with van der Waals surface area (Å²) in [5.74, 6) is 0.905. The van der Waals surface area contributed by atoms with E-state index in [4.69, 9.17) is 9.47 Å². The van der Waals surface area contributed by atoms with Crippen LogP contribution in [0, 0.1) is 0 Å². The van der Waals surface area contributed by atoms with E-state index in [1.807, 2.05) is 6.07 Å². The fourth-order valence-electron chi connectivity index (χ4n) is 3.24. The number of nitrogens with one attached hydrogen (secondary N) is 1. The molecule has 118 valence electrons. The summed E-state index contributed by atoms with van der Waals surface area (Å²) < 4.78 is 10.9. The lowest BCUT2D eigenvalue weighted by molar-refractivity contribution is 0.0116. The van der Waals surface area contributed by atoms with Gasteiger partial charge in [-0.05, 0) is 61.2 Å². The molecule has 2 aromatic rings. The predicted octanol–water partition coefficient (Wildman–Crippen LogP) is 4.07. The molecular weight excluding hydrogens is 274 g/mol. The molecule has 22 heavy (non-hydrogen) atoms. The van der Waals surface area contributed by atoms with Crippen LogP contribution < -0.4 is 10.1 Å². The van der Waals surface area contributed by atoms with Crippen molar-refractivity contribution in [3.8, 4) is 5.75 Å². The van der Waals surface area contributed by atoms with Crippen molar-refractivity contribution in [2.45, 2.75) is 44.9 Å². The average Bonchev–Trinajstić information content (AvgIpc) is 2.53. The largest absolute Gasteiger partial charge is 0.497 e. The van der Waals surface area contributed by atoms with E-state index in [1.165, 1.54) is 16.3 Å². The number of methoxy groups -OCH3 is 1. The normalized spacial score (nSPS) is 23.4. The third kappa shape index (κ3) is 3.42. The summed E-state index contributed by atoms with van der Waals surface area (Å²) in [6.45, 7) is 5.26. The highest BCUT2D eigenvalue weighted by molar-refractivity contribution is 5.84. The van der Waals surface area contributed by atoms with Gasteiger partial charge in [0, 0.05) is 18.7 Å². The van der Waals surface area contributed by atoms with E-state index in [2.05, 4.69) is 49.5 Å². The molecule has 1 N–H and O–H groups in total. The van der Waals surface area contributed by atoms with Gasteiger partial charge in [0.25, 0.3) is 0 Å². The molecule has 0 saturated carbocycles. The number of benzene rings is 2.